The Hall–Kier alpha value is -4.03. The summed E-state index contributed by atoms with van der Waals surface area (Å²) in [5.41, 5.74) is 3.60. The zero-order valence-electron chi connectivity index (χ0n) is 20.8. The molecule has 7 nitrogen and oxygen atoms in total. The van der Waals surface area contributed by atoms with E-state index in [0.717, 1.165) is 63.6 Å². The fraction of sp³-hybridized carbons (Fsp3) is 0.345. The van der Waals surface area contributed by atoms with Crippen LogP contribution in [0.4, 0.5) is 20.2 Å². The molecule has 3 aliphatic rings. The van der Waals surface area contributed by atoms with Gasteiger partial charge in [0.05, 0.1) is 30.2 Å². The maximum absolute atomic E-state index is 15.8. The molecule has 0 saturated carbocycles. The van der Waals surface area contributed by atoms with E-state index >= 15 is 4.39 Å². The van der Waals surface area contributed by atoms with Crippen LogP contribution in [0, 0.1) is 34.8 Å². The van der Waals surface area contributed by atoms with E-state index in [0.29, 0.717) is 40.1 Å². The second-order valence-electron chi connectivity index (χ2n) is 10.4. The lowest BCUT2D eigenvalue weighted by molar-refractivity contribution is 0.177. The number of rotatable bonds is 4. The minimum atomic E-state index is -0.644. The van der Waals surface area contributed by atoms with Crippen LogP contribution in [0.2, 0.25) is 0 Å². The van der Waals surface area contributed by atoms with Gasteiger partial charge in [0.2, 0.25) is 0 Å². The average molecular weight is 513 g/mol. The molecule has 0 bridgehead atoms. The van der Waals surface area contributed by atoms with Gasteiger partial charge in [0.25, 0.3) is 0 Å². The number of halogens is 2. The van der Waals surface area contributed by atoms with Gasteiger partial charge >= 0.3 is 0 Å². The molecule has 0 N–H and O–H groups in total. The fourth-order valence-corrected chi connectivity index (χ4v) is 6.12. The molecule has 2 atom stereocenters. The van der Waals surface area contributed by atoms with E-state index in [9.17, 15) is 9.65 Å². The monoisotopic (exact) mass is 512 g/mol. The zero-order chi connectivity index (χ0) is 25.8. The Morgan fingerprint density at radius 3 is 2.39 bits per heavy atom. The minimum absolute atomic E-state index is 0.0535. The molecule has 5 heterocycles. The van der Waals surface area contributed by atoms with E-state index in [-0.39, 0.29) is 5.56 Å². The number of aromatic nitrogens is 3. The highest BCUT2D eigenvalue weighted by Gasteiger charge is 2.38. The molecule has 0 aliphatic carbocycles. The van der Waals surface area contributed by atoms with E-state index in [1.54, 1.807) is 29.0 Å². The Morgan fingerprint density at radius 2 is 1.68 bits per heavy atom. The summed E-state index contributed by atoms with van der Waals surface area (Å²) in [4.78, 5) is 14.0. The van der Waals surface area contributed by atoms with Crippen molar-refractivity contribution in [2.45, 2.75) is 12.8 Å². The number of ether oxygens (including phenoxy) is 1. The predicted octanol–water partition coefficient (Wildman–Crippen LogP) is 4.92. The SMILES string of the molecule is N#Cc1ccc(-c2nc3c(N4CC5COCC5C4)ccnc3n2-c2ccc(N3CCCC3)cc2F)cc1F. The number of nitriles is 1. The fourth-order valence-electron chi connectivity index (χ4n) is 6.12. The number of hydrogen-bond acceptors (Lipinski definition) is 6. The van der Waals surface area contributed by atoms with Gasteiger partial charge in [-0.3, -0.25) is 4.57 Å². The van der Waals surface area contributed by atoms with Crippen LogP contribution in [-0.2, 0) is 4.74 Å². The predicted molar refractivity (Wildman–Crippen MR) is 140 cm³/mol. The van der Waals surface area contributed by atoms with Crippen molar-refractivity contribution in [1.82, 2.24) is 14.5 Å². The first-order valence-corrected chi connectivity index (χ1v) is 13.1. The van der Waals surface area contributed by atoms with Crippen LogP contribution in [0.3, 0.4) is 0 Å². The van der Waals surface area contributed by atoms with Gasteiger partial charge in [-0.25, -0.2) is 18.7 Å². The minimum Gasteiger partial charge on any atom is -0.381 e. The first-order chi connectivity index (χ1) is 18.6. The lowest BCUT2D eigenvalue weighted by atomic mass is 10.0. The molecule has 3 fully saturated rings. The third-order valence-electron chi connectivity index (χ3n) is 8.10. The molecule has 9 heteroatoms. The molecule has 192 valence electrons. The lowest BCUT2D eigenvalue weighted by Crippen LogP contribution is -2.22. The molecule has 38 heavy (non-hydrogen) atoms. The second-order valence-corrected chi connectivity index (χ2v) is 10.4. The number of fused-ring (bicyclic) bond motifs is 2. The van der Waals surface area contributed by atoms with Crippen LogP contribution in [0.5, 0.6) is 0 Å². The summed E-state index contributed by atoms with van der Waals surface area (Å²) >= 11 is 0. The van der Waals surface area contributed by atoms with E-state index in [1.807, 2.05) is 18.2 Å². The van der Waals surface area contributed by atoms with Crippen LogP contribution >= 0.6 is 0 Å². The molecule has 0 amide bonds. The summed E-state index contributed by atoms with van der Waals surface area (Å²) in [5, 5.41) is 9.22. The maximum atomic E-state index is 15.8. The molecule has 2 aromatic carbocycles. The molecule has 0 radical (unpaired) electrons. The van der Waals surface area contributed by atoms with Crippen LogP contribution in [0.15, 0.2) is 48.7 Å². The molecule has 3 saturated heterocycles. The van der Waals surface area contributed by atoms with E-state index in [1.165, 1.54) is 12.1 Å². The summed E-state index contributed by atoms with van der Waals surface area (Å²) in [6.07, 6.45) is 3.92. The molecular formula is C29H26F2N6O. The van der Waals surface area contributed by atoms with Gasteiger partial charge in [0.15, 0.2) is 5.65 Å². The van der Waals surface area contributed by atoms with Crippen LogP contribution in [0.25, 0.3) is 28.2 Å². The van der Waals surface area contributed by atoms with Gasteiger partial charge in [0, 0.05) is 55.5 Å². The van der Waals surface area contributed by atoms with Crippen LogP contribution in [0.1, 0.15) is 18.4 Å². The standard InChI is InChI=1S/C29H26F2N6O/c30-23-11-18(3-4-19(23)13-32)28-34-27-26(36-14-20-16-38-17-21(20)15-36)7-8-33-29(27)37(28)25-6-5-22(12-24(25)31)35-9-1-2-10-35/h3-8,11-12,20-21H,1-2,9-10,14-17H2. The molecule has 2 aromatic heterocycles. The van der Waals surface area contributed by atoms with Crippen molar-refractivity contribution in [3.05, 3.63) is 65.9 Å². The highest BCUT2D eigenvalue weighted by atomic mass is 19.1. The largest absolute Gasteiger partial charge is 0.381 e. The lowest BCUT2D eigenvalue weighted by Gasteiger charge is -2.20. The Bertz CT molecular complexity index is 1580. The third kappa shape index (κ3) is 3.71. The molecule has 2 unspecified atom stereocenters. The molecule has 7 rings (SSSR count). The Labute approximate surface area is 218 Å². The van der Waals surface area contributed by atoms with E-state index in [2.05, 4.69) is 14.8 Å². The molecule has 4 aromatic rings. The van der Waals surface area contributed by atoms with Crippen molar-refractivity contribution in [2.24, 2.45) is 11.8 Å². The van der Waals surface area contributed by atoms with E-state index < -0.39 is 11.6 Å². The van der Waals surface area contributed by atoms with E-state index in [4.69, 9.17) is 9.72 Å². The number of pyridine rings is 1. The van der Waals surface area contributed by atoms with Gasteiger partial charge in [-0.15, -0.1) is 0 Å². The third-order valence-corrected chi connectivity index (χ3v) is 8.10. The Balaban J connectivity index is 1.40. The summed E-state index contributed by atoms with van der Waals surface area (Å²) in [7, 11) is 0. The normalized spacial score (nSPS) is 20.9. The number of hydrogen-bond donors (Lipinski definition) is 0. The number of nitrogens with zero attached hydrogens (tertiary/aromatic N) is 6. The summed E-state index contributed by atoms with van der Waals surface area (Å²) in [5.74, 6) is 0.281. The van der Waals surface area contributed by atoms with Gasteiger partial charge in [-0.1, -0.05) is 0 Å². The molecule has 0 spiro atoms. The van der Waals surface area contributed by atoms with Gasteiger partial charge in [-0.05, 0) is 55.3 Å². The summed E-state index contributed by atoms with van der Waals surface area (Å²) < 4.78 is 37.8. The Morgan fingerprint density at radius 1 is 0.895 bits per heavy atom. The summed E-state index contributed by atoms with van der Waals surface area (Å²) in [6, 6.07) is 13.4. The second kappa shape index (κ2) is 9.07. The number of imidazole rings is 1. The average Bonchev–Trinajstić information content (AvgIpc) is 3.72. The van der Waals surface area contributed by atoms with Crippen LogP contribution in [-0.4, -0.2) is 53.9 Å². The maximum Gasteiger partial charge on any atom is 0.167 e. The van der Waals surface area contributed by atoms with Gasteiger partial charge < -0.3 is 14.5 Å². The van der Waals surface area contributed by atoms with Gasteiger partial charge in [-0.2, -0.15) is 5.26 Å². The number of anilines is 2. The van der Waals surface area contributed by atoms with Crippen molar-refractivity contribution < 1.29 is 13.5 Å². The number of benzene rings is 2. The zero-order valence-corrected chi connectivity index (χ0v) is 20.8. The quantitative estimate of drug-likeness (QED) is 0.387. The Kier molecular flexibility index (Phi) is 5.51. The molecule has 3 aliphatic heterocycles. The van der Waals surface area contributed by atoms with Crippen molar-refractivity contribution in [3.8, 4) is 23.1 Å². The van der Waals surface area contributed by atoms with Crippen molar-refractivity contribution in [1.29, 1.82) is 5.26 Å². The summed E-state index contributed by atoms with van der Waals surface area (Å²) in [6.45, 7) is 5.06. The van der Waals surface area contributed by atoms with Crippen molar-refractivity contribution in [3.63, 3.8) is 0 Å². The van der Waals surface area contributed by atoms with Gasteiger partial charge in [0.1, 0.15) is 29.0 Å². The molecular weight excluding hydrogens is 486 g/mol. The highest BCUT2D eigenvalue weighted by molar-refractivity contribution is 5.91. The first-order valence-electron chi connectivity index (χ1n) is 13.1. The smallest absolute Gasteiger partial charge is 0.167 e. The highest BCUT2D eigenvalue weighted by Crippen LogP contribution is 2.38. The van der Waals surface area contributed by atoms with Crippen molar-refractivity contribution >= 4 is 22.5 Å². The van der Waals surface area contributed by atoms with Crippen molar-refractivity contribution in [2.75, 3.05) is 49.2 Å². The van der Waals surface area contributed by atoms with Crippen LogP contribution < -0.4 is 9.80 Å². The first kappa shape index (κ1) is 23.1. The topological polar surface area (TPSA) is 70.2 Å².